The van der Waals surface area contributed by atoms with Gasteiger partial charge in [-0.3, -0.25) is 4.79 Å². The molecule has 2 rings (SSSR count). The van der Waals surface area contributed by atoms with Gasteiger partial charge in [0, 0.05) is 25.3 Å². The molecule has 1 amide bonds. The molecule has 0 saturated carbocycles. The summed E-state index contributed by atoms with van der Waals surface area (Å²) in [4.78, 5) is 13.4. The second kappa shape index (κ2) is 4.75. The van der Waals surface area contributed by atoms with Crippen molar-refractivity contribution in [1.82, 2.24) is 0 Å². The van der Waals surface area contributed by atoms with Crippen molar-refractivity contribution in [3.05, 3.63) is 29.3 Å². The summed E-state index contributed by atoms with van der Waals surface area (Å²) in [5, 5.41) is 0. The van der Waals surface area contributed by atoms with Gasteiger partial charge >= 0.3 is 0 Å². The second-order valence-electron chi connectivity index (χ2n) is 4.66. The minimum atomic E-state index is -0.191. The maximum absolute atomic E-state index is 11.1. The number of aryl methyl sites for hydroxylation is 1. The van der Waals surface area contributed by atoms with E-state index in [0.717, 1.165) is 25.1 Å². The minimum Gasteiger partial charge on any atom is -0.370 e. The Hall–Kier alpha value is -1.55. The Morgan fingerprint density at radius 2 is 2.29 bits per heavy atom. The molecule has 1 unspecified atom stereocenters. The molecular weight excluding hydrogens is 214 g/mol. The molecule has 4 heteroatoms. The summed E-state index contributed by atoms with van der Waals surface area (Å²) >= 11 is 0. The molecule has 1 heterocycles. The third-order valence-electron chi connectivity index (χ3n) is 3.43. The molecule has 17 heavy (non-hydrogen) atoms. The van der Waals surface area contributed by atoms with Crippen LogP contribution < -0.4 is 16.4 Å². The normalized spacial score (nSPS) is 19.6. The van der Waals surface area contributed by atoms with Gasteiger partial charge < -0.3 is 16.4 Å². The van der Waals surface area contributed by atoms with E-state index in [-0.39, 0.29) is 11.8 Å². The first kappa shape index (κ1) is 11.9. The third-order valence-corrected chi connectivity index (χ3v) is 3.43. The molecule has 1 fully saturated rings. The zero-order valence-electron chi connectivity index (χ0n) is 10.1. The molecule has 1 saturated heterocycles. The van der Waals surface area contributed by atoms with E-state index >= 15 is 0 Å². The van der Waals surface area contributed by atoms with E-state index in [1.54, 1.807) is 0 Å². The van der Waals surface area contributed by atoms with Crippen molar-refractivity contribution >= 4 is 11.6 Å². The lowest BCUT2D eigenvalue weighted by atomic mass is 10.1. The van der Waals surface area contributed by atoms with E-state index < -0.39 is 0 Å². The number of benzene rings is 1. The fourth-order valence-corrected chi connectivity index (χ4v) is 2.41. The Labute approximate surface area is 102 Å². The van der Waals surface area contributed by atoms with Crippen molar-refractivity contribution in [1.29, 1.82) is 0 Å². The first-order valence-corrected chi connectivity index (χ1v) is 5.95. The molecule has 0 bridgehead atoms. The lowest BCUT2D eigenvalue weighted by Crippen LogP contribution is -2.27. The van der Waals surface area contributed by atoms with Crippen LogP contribution in [0.4, 0.5) is 5.69 Å². The monoisotopic (exact) mass is 233 g/mol. The zero-order valence-corrected chi connectivity index (χ0v) is 10.1. The molecule has 1 aromatic carbocycles. The fourth-order valence-electron chi connectivity index (χ4n) is 2.41. The number of hydrogen-bond acceptors (Lipinski definition) is 3. The molecule has 0 aromatic heterocycles. The molecule has 0 radical (unpaired) electrons. The first-order valence-electron chi connectivity index (χ1n) is 5.95. The summed E-state index contributed by atoms with van der Waals surface area (Å²) in [5.74, 6) is -0.202. The zero-order chi connectivity index (χ0) is 12.4. The lowest BCUT2D eigenvalue weighted by molar-refractivity contribution is -0.121. The Balaban J connectivity index is 2.16. The van der Waals surface area contributed by atoms with Gasteiger partial charge in [-0.1, -0.05) is 12.1 Å². The quantitative estimate of drug-likeness (QED) is 0.809. The van der Waals surface area contributed by atoms with Crippen LogP contribution in [0, 0.1) is 12.8 Å². The number of primary amides is 1. The molecule has 1 aliphatic rings. The van der Waals surface area contributed by atoms with Gasteiger partial charge in [0.1, 0.15) is 0 Å². The van der Waals surface area contributed by atoms with Crippen molar-refractivity contribution in [3.63, 3.8) is 0 Å². The number of hydrogen-bond donors (Lipinski definition) is 2. The van der Waals surface area contributed by atoms with Crippen LogP contribution in [0.1, 0.15) is 17.5 Å². The smallest absolute Gasteiger partial charge is 0.222 e. The van der Waals surface area contributed by atoms with Crippen LogP contribution in [0.5, 0.6) is 0 Å². The van der Waals surface area contributed by atoms with Crippen LogP contribution >= 0.6 is 0 Å². The van der Waals surface area contributed by atoms with Gasteiger partial charge in [0.2, 0.25) is 5.91 Å². The number of carbonyl (C=O) groups is 1. The Morgan fingerprint density at radius 1 is 1.53 bits per heavy atom. The number of nitrogens with zero attached hydrogens (tertiary/aromatic N) is 1. The topological polar surface area (TPSA) is 72.3 Å². The molecule has 1 aliphatic heterocycles. The number of nitrogens with two attached hydrogens (primary N) is 2. The van der Waals surface area contributed by atoms with Gasteiger partial charge in [0.05, 0.1) is 5.92 Å². The van der Waals surface area contributed by atoms with Gasteiger partial charge in [-0.25, -0.2) is 0 Å². The van der Waals surface area contributed by atoms with Crippen LogP contribution in [-0.4, -0.2) is 19.0 Å². The highest BCUT2D eigenvalue weighted by Crippen LogP contribution is 2.27. The highest BCUT2D eigenvalue weighted by atomic mass is 16.1. The summed E-state index contributed by atoms with van der Waals surface area (Å²) in [6, 6.07) is 6.23. The van der Waals surface area contributed by atoms with Crippen molar-refractivity contribution in [2.45, 2.75) is 19.9 Å². The van der Waals surface area contributed by atoms with Crippen molar-refractivity contribution in [3.8, 4) is 0 Å². The van der Waals surface area contributed by atoms with E-state index in [9.17, 15) is 4.79 Å². The summed E-state index contributed by atoms with van der Waals surface area (Å²) in [6.07, 6.45) is 0.855. The van der Waals surface area contributed by atoms with Gasteiger partial charge in [-0.05, 0) is 30.5 Å². The molecule has 1 aromatic rings. The average Bonchev–Trinajstić information content (AvgIpc) is 2.78. The van der Waals surface area contributed by atoms with Crippen LogP contribution in [0.2, 0.25) is 0 Å². The Bertz CT molecular complexity index is 431. The predicted molar refractivity (Wildman–Crippen MR) is 68.6 cm³/mol. The number of rotatable bonds is 3. The van der Waals surface area contributed by atoms with Gasteiger partial charge in [0.25, 0.3) is 0 Å². The second-order valence-corrected chi connectivity index (χ2v) is 4.66. The summed E-state index contributed by atoms with van der Waals surface area (Å²) in [7, 11) is 0. The third kappa shape index (κ3) is 2.42. The SMILES string of the molecule is Cc1cc(CN)ccc1N1CCC(C(N)=O)C1. The van der Waals surface area contributed by atoms with E-state index in [2.05, 4.69) is 24.0 Å². The van der Waals surface area contributed by atoms with Gasteiger partial charge in [-0.2, -0.15) is 0 Å². The maximum atomic E-state index is 11.1. The standard InChI is InChI=1S/C13H19N3O/c1-9-6-10(7-14)2-3-12(9)16-5-4-11(8-16)13(15)17/h2-3,6,11H,4-5,7-8,14H2,1H3,(H2,15,17). The molecule has 1 atom stereocenters. The lowest BCUT2D eigenvalue weighted by Gasteiger charge is -2.21. The summed E-state index contributed by atoms with van der Waals surface area (Å²) in [6.45, 7) is 4.27. The van der Waals surface area contributed by atoms with Gasteiger partial charge in [0.15, 0.2) is 0 Å². The molecule has 0 spiro atoms. The highest BCUT2D eigenvalue weighted by molar-refractivity contribution is 5.78. The van der Waals surface area contributed by atoms with E-state index in [1.165, 1.54) is 11.3 Å². The van der Waals surface area contributed by atoms with E-state index in [4.69, 9.17) is 11.5 Å². The molecular formula is C13H19N3O. The minimum absolute atomic E-state index is 0.0106. The van der Waals surface area contributed by atoms with Crippen molar-refractivity contribution < 1.29 is 4.79 Å². The summed E-state index contributed by atoms with van der Waals surface area (Å²) in [5.41, 5.74) is 14.5. The molecule has 4 N–H and O–H groups in total. The average molecular weight is 233 g/mol. The van der Waals surface area contributed by atoms with Gasteiger partial charge in [-0.15, -0.1) is 0 Å². The molecule has 4 nitrogen and oxygen atoms in total. The molecule has 0 aliphatic carbocycles. The van der Waals surface area contributed by atoms with Crippen LogP contribution in [0.25, 0.3) is 0 Å². The number of amides is 1. The predicted octanol–water partition coefficient (Wildman–Crippen LogP) is 0.765. The van der Waals surface area contributed by atoms with Crippen LogP contribution in [0.15, 0.2) is 18.2 Å². The number of anilines is 1. The Kier molecular flexibility index (Phi) is 3.33. The number of carbonyl (C=O) groups excluding carboxylic acids is 1. The Morgan fingerprint density at radius 3 is 2.82 bits per heavy atom. The van der Waals surface area contributed by atoms with E-state index in [0.29, 0.717) is 6.54 Å². The van der Waals surface area contributed by atoms with Crippen molar-refractivity contribution in [2.75, 3.05) is 18.0 Å². The van der Waals surface area contributed by atoms with Crippen LogP contribution in [-0.2, 0) is 11.3 Å². The fraction of sp³-hybridized carbons (Fsp3) is 0.462. The highest BCUT2D eigenvalue weighted by Gasteiger charge is 2.27. The maximum Gasteiger partial charge on any atom is 0.222 e. The van der Waals surface area contributed by atoms with E-state index in [1.807, 2.05) is 6.07 Å². The molecule has 92 valence electrons. The first-order chi connectivity index (χ1) is 8.11. The summed E-state index contributed by atoms with van der Waals surface area (Å²) < 4.78 is 0. The largest absolute Gasteiger partial charge is 0.370 e. The van der Waals surface area contributed by atoms with Crippen molar-refractivity contribution in [2.24, 2.45) is 17.4 Å². The van der Waals surface area contributed by atoms with Crippen LogP contribution in [0.3, 0.4) is 0 Å².